The van der Waals surface area contributed by atoms with Gasteiger partial charge in [-0.2, -0.15) is 15.0 Å². The lowest BCUT2D eigenvalue weighted by Gasteiger charge is -2.11. The van der Waals surface area contributed by atoms with Crippen LogP contribution in [0.5, 0.6) is 5.75 Å². The number of rotatable bonds is 8. The average molecular weight is 431 g/mol. The van der Waals surface area contributed by atoms with E-state index >= 15 is 0 Å². The van der Waals surface area contributed by atoms with Gasteiger partial charge in [0.25, 0.3) is 0 Å². The fourth-order valence-corrected chi connectivity index (χ4v) is 3.55. The Morgan fingerprint density at radius 2 is 1.88 bits per heavy atom. The summed E-state index contributed by atoms with van der Waals surface area (Å²) in [5.74, 6) is 1.38. The molecule has 4 rings (SSSR count). The minimum absolute atomic E-state index is 0.0845. The van der Waals surface area contributed by atoms with Crippen molar-refractivity contribution in [3.8, 4) is 5.75 Å². The van der Waals surface area contributed by atoms with Crippen LogP contribution in [0.15, 0.2) is 57.7 Å². The van der Waals surface area contributed by atoms with Gasteiger partial charge in [-0.3, -0.25) is 0 Å². The van der Waals surface area contributed by atoms with Gasteiger partial charge in [0.05, 0.1) is 0 Å². The first-order valence-electron chi connectivity index (χ1n) is 10.6. The summed E-state index contributed by atoms with van der Waals surface area (Å²) in [6.07, 6.45) is 2.62. The molecular formula is C24H25N5O3. The quantitative estimate of drug-likeness (QED) is 0.394. The Labute approximate surface area is 185 Å². The van der Waals surface area contributed by atoms with E-state index in [1.165, 1.54) is 0 Å². The van der Waals surface area contributed by atoms with Crippen molar-refractivity contribution in [3.63, 3.8) is 0 Å². The summed E-state index contributed by atoms with van der Waals surface area (Å²) < 4.78 is 11.2. The number of aryl methyl sites for hydroxylation is 2. The van der Waals surface area contributed by atoms with Crippen molar-refractivity contribution < 1.29 is 9.15 Å². The van der Waals surface area contributed by atoms with E-state index in [-0.39, 0.29) is 18.2 Å². The van der Waals surface area contributed by atoms with Gasteiger partial charge in [0, 0.05) is 23.2 Å². The minimum Gasteiger partial charge on any atom is -0.485 e. The minimum atomic E-state index is -0.369. The fraction of sp³-hybridized carbons (Fsp3) is 0.250. The van der Waals surface area contributed by atoms with E-state index < -0.39 is 0 Å². The highest BCUT2D eigenvalue weighted by atomic mass is 16.5. The van der Waals surface area contributed by atoms with Crippen molar-refractivity contribution in [1.82, 2.24) is 15.0 Å². The van der Waals surface area contributed by atoms with Crippen LogP contribution in [0.4, 0.5) is 17.6 Å². The highest BCUT2D eigenvalue weighted by molar-refractivity contribution is 5.81. The van der Waals surface area contributed by atoms with Gasteiger partial charge in [-0.15, -0.1) is 0 Å². The lowest BCUT2D eigenvalue weighted by atomic mass is 10.1. The van der Waals surface area contributed by atoms with E-state index in [0.717, 1.165) is 41.5 Å². The number of para-hydroxylation sites is 1. The molecule has 0 spiro atoms. The Bertz CT molecular complexity index is 1300. The fourth-order valence-electron chi connectivity index (χ4n) is 3.55. The zero-order valence-electron chi connectivity index (χ0n) is 18.1. The standard InChI is InChI=1S/C24H25N5O3/c1-3-7-16-12-22(30)32-20-13-17(10-11-18(16)20)31-14-21-27-23(25)29-24(28-21)26-19-9-6-5-8-15(19)4-2/h5-6,8-13H,3-4,7,14H2,1-2H3,(H3,25,26,27,28,29). The van der Waals surface area contributed by atoms with Crippen molar-refractivity contribution in [1.29, 1.82) is 0 Å². The number of nitrogens with one attached hydrogen (secondary N) is 1. The molecule has 8 nitrogen and oxygen atoms in total. The molecule has 0 aliphatic heterocycles. The normalized spacial score (nSPS) is 10.9. The number of benzene rings is 2. The first kappa shape index (κ1) is 21.3. The Morgan fingerprint density at radius 3 is 2.69 bits per heavy atom. The third-order valence-electron chi connectivity index (χ3n) is 5.03. The molecule has 0 radical (unpaired) electrons. The number of anilines is 3. The van der Waals surface area contributed by atoms with Crippen LogP contribution in [0, 0.1) is 0 Å². The number of fused-ring (bicyclic) bond motifs is 1. The smallest absolute Gasteiger partial charge is 0.336 e. The zero-order chi connectivity index (χ0) is 22.5. The Hall–Kier alpha value is -3.94. The number of nitrogen functional groups attached to an aromatic ring is 1. The van der Waals surface area contributed by atoms with Crippen molar-refractivity contribution >= 4 is 28.6 Å². The van der Waals surface area contributed by atoms with Gasteiger partial charge in [0.2, 0.25) is 11.9 Å². The van der Waals surface area contributed by atoms with Crippen molar-refractivity contribution in [3.05, 3.63) is 75.9 Å². The summed E-state index contributed by atoms with van der Waals surface area (Å²) in [6, 6.07) is 14.9. The van der Waals surface area contributed by atoms with Crippen LogP contribution in [0.1, 0.15) is 37.2 Å². The summed E-state index contributed by atoms with van der Waals surface area (Å²) in [5, 5.41) is 4.11. The topological polar surface area (TPSA) is 116 Å². The molecule has 4 aromatic rings. The molecule has 0 aliphatic rings. The first-order valence-corrected chi connectivity index (χ1v) is 10.6. The Kier molecular flexibility index (Phi) is 6.30. The molecule has 2 aromatic heterocycles. The number of nitrogens with zero attached hydrogens (tertiary/aromatic N) is 3. The monoisotopic (exact) mass is 431 g/mol. The van der Waals surface area contributed by atoms with Gasteiger partial charge < -0.3 is 20.2 Å². The highest BCUT2D eigenvalue weighted by Gasteiger charge is 2.10. The summed E-state index contributed by atoms with van der Waals surface area (Å²) in [4.78, 5) is 24.6. The molecule has 0 amide bonds. The van der Waals surface area contributed by atoms with Crippen LogP contribution >= 0.6 is 0 Å². The molecule has 32 heavy (non-hydrogen) atoms. The molecule has 0 saturated carbocycles. The van der Waals surface area contributed by atoms with Gasteiger partial charge in [0.15, 0.2) is 5.82 Å². The molecule has 8 heteroatoms. The largest absolute Gasteiger partial charge is 0.485 e. The number of aromatic nitrogens is 3. The first-order chi connectivity index (χ1) is 15.6. The van der Waals surface area contributed by atoms with Gasteiger partial charge in [-0.25, -0.2) is 4.79 Å². The molecular weight excluding hydrogens is 406 g/mol. The van der Waals surface area contributed by atoms with E-state index in [1.807, 2.05) is 36.4 Å². The maximum Gasteiger partial charge on any atom is 0.336 e. The van der Waals surface area contributed by atoms with E-state index in [2.05, 4.69) is 34.1 Å². The van der Waals surface area contributed by atoms with Crippen LogP contribution in [-0.2, 0) is 19.4 Å². The van der Waals surface area contributed by atoms with E-state index in [9.17, 15) is 4.79 Å². The van der Waals surface area contributed by atoms with Gasteiger partial charge >= 0.3 is 5.63 Å². The van der Waals surface area contributed by atoms with Crippen molar-refractivity contribution in [2.45, 2.75) is 39.7 Å². The SMILES string of the molecule is CCCc1cc(=O)oc2cc(OCc3nc(N)nc(Nc4ccccc4CC)n3)ccc12. The second-order valence-corrected chi connectivity index (χ2v) is 7.36. The van der Waals surface area contributed by atoms with E-state index in [1.54, 1.807) is 12.1 Å². The van der Waals surface area contributed by atoms with Crippen molar-refractivity contribution in [2.75, 3.05) is 11.1 Å². The maximum absolute atomic E-state index is 11.9. The van der Waals surface area contributed by atoms with Crippen LogP contribution in [0.25, 0.3) is 11.0 Å². The second kappa shape index (κ2) is 9.47. The maximum atomic E-state index is 11.9. The van der Waals surface area contributed by atoms with E-state index in [4.69, 9.17) is 14.9 Å². The van der Waals surface area contributed by atoms with E-state index in [0.29, 0.717) is 23.1 Å². The molecule has 0 atom stereocenters. The Morgan fingerprint density at radius 1 is 1.03 bits per heavy atom. The van der Waals surface area contributed by atoms with Crippen LogP contribution in [-0.4, -0.2) is 15.0 Å². The van der Waals surface area contributed by atoms with Gasteiger partial charge in [-0.1, -0.05) is 38.5 Å². The molecule has 0 aliphatic carbocycles. The average Bonchev–Trinajstić information content (AvgIpc) is 2.77. The highest BCUT2D eigenvalue weighted by Crippen LogP contribution is 2.24. The molecule has 164 valence electrons. The third-order valence-corrected chi connectivity index (χ3v) is 5.03. The lowest BCUT2D eigenvalue weighted by Crippen LogP contribution is -2.10. The summed E-state index contributed by atoms with van der Waals surface area (Å²) in [5.41, 5.74) is 9.04. The summed E-state index contributed by atoms with van der Waals surface area (Å²) >= 11 is 0. The molecule has 0 unspecified atom stereocenters. The lowest BCUT2D eigenvalue weighted by molar-refractivity contribution is 0.296. The molecule has 0 bridgehead atoms. The van der Waals surface area contributed by atoms with Crippen molar-refractivity contribution in [2.24, 2.45) is 0 Å². The molecule has 2 aromatic carbocycles. The molecule has 3 N–H and O–H groups in total. The molecule has 0 saturated heterocycles. The summed E-state index contributed by atoms with van der Waals surface area (Å²) in [7, 11) is 0. The third kappa shape index (κ3) is 4.85. The zero-order valence-corrected chi connectivity index (χ0v) is 18.1. The van der Waals surface area contributed by atoms with Crippen LogP contribution < -0.4 is 21.4 Å². The van der Waals surface area contributed by atoms with Crippen LogP contribution in [0.2, 0.25) is 0 Å². The van der Waals surface area contributed by atoms with Gasteiger partial charge in [-0.05, 0) is 42.2 Å². The van der Waals surface area contributed by atoms with Gasteiger partial charge in [0.1, 0.15) is 17.9 Å². The second-order valence-electron chi connectivity index (χ2n) is 7.36. The predicted octanol–water partition coefficient (Wildman–Crippen LogP) is 4.40. The molecule has 0 fully saturated rings. The van der Waals surface area contributed by atoms with Crippen LogP contribution in [0.3, 0.4) is 0 Å². The Balaban J connectivity index is 1.53. The molecule has 2 heterocycles. The number of nitrogens with two attached hydrogens (primary N) is 1. The number of hydrogen-bond donors (Lipinski definition) is 2. The number of hydrogen-bond acceptors (Lipinski definition) is 8. The number of ether oxygens (including phenoxy) is 1. The predicted molar refractivity (Wildman–Crippen MR) is 124 cm³/mol. The summed E-state index contributed by atoms with van der Waals surface area (Å²) in [6.45, 7) is 4.24.